The second-order valence-corrected chi connectivity index (χ2v) is 10.9. The molecule has 0 saturated carbocycles. The molecule has 2 aliphatic rings. The van der Waals surface area contributed by atoms with Gasteiger partial charge in [-0.25, -0.2) is 9.97 Å². The number of para-hydroxylation sites is 2. The molecule has 0 spiro atoms. The molecule has 1 unspecified atom stereocenters. The van der Waals surface area contributed by atoms with Crippen molar-refractivity contribution in [2.24, 2.45) is 0 Å². The van der Waals surface area contributed by atoms with Crippen molar-refractivity contribution in [3.8, 4) is 22.5 Å². The summed E-state index contributed by atoms with van der Waals surface area (Å²) in [4.78, 5) is 15.8. The molecule has 2 aliphatic heterocycles. The summed E-state index contributed by atoms with van der Waals surface area (Å²) in [6.45, 7) is 23.0. The molecule has 0 radical (unpaired) electrons. The zero-order valence-corrected chi connectivity index (χ0v) is 27.6. The van der Waals surface area contributed by atoms with Crippen molar-refractivity contribution >= 4 is 23.0 Å². The maximum atomic E-state index is 5.51. The first-order chi connectivity index (χ1) is 21.5. The largest absolute Gasteiger partial charge is 0.301 e. The van der Waals surface area contributed by atoms with Gasteiger partial charge in [-0.05, 0) is 48.7 Å². The van der Waals surface area contributed by atoms with Crippen LogP contribution in [-0.4, -0.2) is 16.1 Å². The van der Waals surface area contributed by atoms with E-state index in [9.17, 15) is 0 Å². The molecule has 3 heterocycles. The van der Waals surface area contributed by atoms with Crippen LogP contribution in [-0.2, 0) is 5.41 Å². The van der Waals surface area contributed by atoms with Crippen LogP contribution in [0.2, 0.25) is 0 Å². The van der Waals surface area contributed by atoms with E-state index >= 15 is 0 Å². The maximum absolute atomic E-state index is 5.51. The molecular formula is C40H46N4. The SMILES string of the molecule is C=C.CC.CC.Cc1ccccc1-c1nc2c(nc1-c1ccccc1C)N1c3ccccc3C(C)(C)C1N2c1ccccc1. The average Bonchev–Trinajstić information content (AvgIpc) is 3.54. The summed E-state index contributed by atoms with van der Waals surface area (Å²) < 4.78 is 0. The van der Waals surface area contributed by atoms with Gasteiger partial charge in [-0.3, -0.25) is 0 Å². The Morgan fingerprint density at radius 2 is 1.00 bits per heavy atom. The molecular weight excluding hydrogens is 536 g/mol. The number of anilines is 4. The fourth-order valence-electron chi connectivity index (χ4n) is 6.25. The Balaban J connectivity index is 0.000000696. The highest BCUT2D eigenvalue weighted by Gasteiger charge is 2.55. The van der Waals surface area contributed by atoms with Gasteiger partial charge in [0, 0.05) is 27.9 Å². The van der Waals surface area contributed by atoms with Crippen LogP contribution >= 0.6 is 0 Å². The van der Waals surface area contributed by atoms with E-state index in [-0.39, 0.29) is 11.6 Å². The molecule has 44 heavy (non-hydrogen) atoms. The van der Waals surface area contributed by atoms with Crippen LogP contribution in [0.3, 0.4) is 0 Å². The molecule has 5 aromatic rings. The first-order valence-electron chi connectivity index (χ1n) is 15.7. The minimum atomic E-state index is -0.152. The van der Waals surface area contributed by atoms with Gasteiger partial charge in [0.15, 0.2) is 11.6 Å². The molecule has 0 N–H and O–H groups in total. The minimum absolute atomic E-state index is 0.0224. The van der Waals surface area contributed by atoms with Crippen LogP contribution in [0.1, 0.15) is 58.2 Å². The predicted molar refractivity (Wildman–Crippen MR) is 190 cm³/mol. The Morgan fingerprint density at radius 1 is 0.568 bits per heavy atom. The van der Waals surface area contributed by atoms with Crippen molar-refractivity contribution in [2.45, 2.75) is 67.0 Å². The van der Waals surface area contributed by atoms with Gasteiger partial charge in [0.2, 0.25) is 0 Å². The molecule has 7 rings (SSSR count). The highest BCUT2D eigenvalue weighted by atomic mass is 15.5. The van der Waals surface area contributed by atoms with Crippen LogP contribution in [0, 0.1) is 13.8 Å². The van der Waals surface area contributed by atoms with E-state index in [0.29, 0.717) is 0 Å². The minimum Gasteiger partial charge on any atom is -0.301 e. The van der Waals surface area contributed by atoms with Crippen LogP contribution in [0.25, 0.3) is 22.5 Å². The van der Waals surface area contributed by atoms with Gasteiger partial charge in [0.25, 0.3) is 0 Å². The monoisotopic (exact) mass is 582 g/mol. The van der Waals surface area contributed by atoms with Crippen molar-refractivity contribution in [3.05, 3.63) is 133 Å². The fourth-order valence-corrected chi connectivity index (χ4v) is 6.25. The lowest BCUT2D eigenvalue weighted by Crippen LogP contribution is -2.46. The number of hydrogen-bond acceptors (Lipinski definition) is 4. The summed E-state index contributed by atoms with van der Waals surface area (Å²) >= 11 is 0. The molecule has 0 amide bonds. The normalized spacial score (nSPS) is 14.9. The summed E-state index contributed by atoms with van der Waals surface area (Å²) in [6.07, 6.45) is 0.0224. The Kier molecular flexibility index (Phi) is 10.1. The maximum Gasteiger partial charge on any atom is 0.179 e. The molecule has 1 atom stereocenters. The molecule has 4 aromatic carbocycles. The predicted octanol–water partition coefficient (Wildman–Crippen LogP) is 11.2. The molecule has 4 nitrogen and oxygen atoms in total. The number of aryl methyl sites for hydroxylation is 2. The smallest absolute Gasteiger partial charge is 0.179 e. The lowest BCUT2D eigenvalue weighted by atomic mass is 9.83. The van der Waals surface area contributed by atoms with E-state index in [4.69, 9.17) is 9.97 Å². The quantitative estimate of drug-likeness (QED) is 0.198. The molecule has 0 bridgehead atoms. The average molecular weight is 583 g/mol. The van der Waals surface area contributed by atoms with E-state index in [1.807, 2.05) is 27.7 Å². The van der Waals surface area contributed by atoms with Crippen molar-refractivity contribution in [1.29, 1.82) is 0 Å². The highest BCUT2D eigenvalue weighted by molar-refractivity contribution is 5.93. The van der Waals surface area contributed by atoms with Gasteiger partial charge in [-0.15, -0.1) is 13.2 Å². The molecule has 0 aliphatic carbocycles. The van der Waals surface area contributed by atoms with Gasteiger partial charge in [-0.1, -0.05) is 126 Å². The highest BCUT2D eigenvalue weighted by Crippen LogP contribution is 2.58. The Labute approximate surface area is 264 Å². The fraction of sp³-hybridized carbons (Fsp3) is 0.250. The topological polar surface area (TPSA) is 32.3 Å². The van der Waals surface area contributed by atoms with Crippen molar-refractivity contribution < 1.29 is 0 Å². The Hall–Kier alpha value is -4.70. The first kappa shape index (κ1) is 32.2. The van der Waals surface area contributed by atoms with E-state index in [0.717, 1.165) is 39.8 Å². The lowest BCUT2D eigenvalue weighted by Gasteiger charge is -2.36. The van der Waals surface area contributed by atoms with Gasteiger partial charge in [0.1, 0.15) is 6.17 Å². The summed E-state index contributed by atoms with van der Waals surface area (Å²) in [5, 5.41) is 0. The third kappa shape index (κ3) is 5.30. The number of fused-ring (bicyclic) bond motifs is 5. The first-order valence-corrected chi connectivity index (χ1v) is 15.7. The van der Waals surface area contributed by atoms with Crippen molar-refractivity contribution in [1.82, 2.24) is 9.97 Å². The van der Waals surface area contributed by atoms with E-state index < -0.39 is 0 Å². The summed E-state index contributed by atoms with van der Waals surface area (Å²) in [5.74, 6) is 1.81. The van der Waals surface area contributed by atoms with Gasteiger partial charge in [0.05, 0.1) is 11.4 Å². The Bertz CT molecular complexity index is 1640. The molecule has 1 aromatic heterocycles. The van der Waals surface area contributed by atoms with Gasteiger partial charge >= 0.3 is 0 Å². The number of aromatic nitrogens is 2. The standard InChI is InChI=1S/C34H30N4.2C2H6.C2H4/c1-22-14-8-10-18-25(22)29-30(26-19-11-9-15-23(26)2)36-32-31(35-29)37(24-16-6-5-7-17-24)33-34(3,4)27-20-12-13-21-28(27)38(32)33;3*1-2/h5-21,33H,1-4H3;2*1-2H3;1-2H2. The molecule has 0 saturated heterocycles. The number of nitrogens with zero attached hydrogens (tertiary/aromatic N) is 4. The third-order valence-electron chi connectivity index (χ3n) is 8.14. The van der Waals surface area contributed by atoms with Crippen molar-refractivity contribution in [2.75, 3.05) is 9.80 Å². The zero-order valence-electron chi connectivity index (χ0n) is 27.6. The lowest BCUT2D eigenvalue weighted by molar-refractivity contribution is 0.449. The van der Waals surface area contributed by atoms with Crippen LogP contribution in [0.4, 0.5) is 23.0 Å². The van der Waals surface area contributed by atoms with E-state index in [1.165, 1.54) is 22.4 Å². The van der Waals surface area contributed by atoms with Crippen molar-refractivity contribution in [3.63, 3.8) is 0 Å². The Morgan fingerprint density at radius 3 is 1.52 bits per heavy atom. The van der Waals surface area contributed by atoms with Crippen LogP contribution in [0.5, 0.6) is 0 Å². The zero-order chi connectivity index (χ0) is 32.0. The summed E-state index contributed by atoms with van der Waals surface area (Å²) in [5.41, 5.74) is 9.95. The number of rotatable bonds is 3. The summed E-state index contributed by atoms with van der Waals surface area (Å²) in [7, 11) is 0. The number of benzene rings is 4. The van der Waals surface area contributed by atoms with E-state index in [1.54, 1.807) is 0 Å². The molecule has 0 fully saturated rings. The van der Waals surface area contributed by atoms with Crippen LogP contribution < -0.4 is 9.80 Å². The van der Waals surface area contributed by atoms with Crippen LogP contribution in [0.15, 0.2) is 116 Å². The second-order valence-electron chi connectivity index (χ2n) is 10.9. The molecule has 226 valence electrons. The second kappa shape index (κ2) is 13.7. The van der Waals surface area contributed by atoms with E-state index in [2.05, 4.69) is 154 Å². The molecule has 4 heteroatoms. The summed E-state index contributed by atoms with van der Waals surface area (Å²) in [6, 6.07) is 36.3. The third-order valence-corrected chi connectivity index (χ3v) is 8.14. The van der Waals surface area contributed by atoms with Gasteiger partial charge in [-0.2, -0.15) is 0 Å². The number of hydrogen-bond donors (Lipinski definition) is 0. The van der Waals surface area contributed by atoms with Gasteiger partial charge < -0.3 is 9.80 Å².